The first-order valence-electron chi connectivity index (χ1n) is 9.07. The van der Waals surface area contributed by atoms with Crippen LogP contribution in [0, 0.1) is 5.92 Å². The number of aromatic nitrogens is 1. The summed E-state index contributed by atoms with van der Waals surface area (Å²) in [7, 11) is -3.57. The van der Waals surface area contributed by atoms with Crippen LogP contribution in [0.2, 0.25) is 5.02 Å². The molecule has 4 rings (SSSR count). The fraction of sp³-hybridized carbons (Fsp3) is 0.250. The largest absolute Gasteiger partial charge is 0.361 e. The molecule has 1 fully saturated rings. The highest BCUT2D eigenvalue weighted by atomic mass is 35.5. The molecule has 0 unspecified atom stereocenters. The van der Waals surface area contributed by atoms with Crippen LogP contribution in [0.5, 0.6) is 0 Å². The smallest absolute Gasteiger partial charge is 0.243 e. The van der Waals surface area contributed by atoms with Gasteiger partial charge in [0.05, 0.1) is 4.90 Å². The van der Waals surface area contributed by atoms with E-state index in [1.54, 1.807) is 12.1 Å². The average Bonchev–Trinajstić information content (AvgIpc) is 3.16. The van der Waals surface area contributed by atoms with Crippen LogP contribution in [-0.2, 0) is 14.8 Å². The fourth-order valence-electron chi connectivity index (χ4n) is 3.48. The van der Waals surface area contributed by atoms with Crippen LogP contribution in [-0.4, -0.2) is 36.7 Å². The summed E-state index contributed by atoms with van der Waals surface area (Å²) in [6.07, 6.45) is 2.83. The van der Waals surface area contributed by atoms with Gasteiger partial charge in [-0.25, -0.2) is 8.42 Å². The molecule has 3 aromatic rings. The number of piperidine rings is 1. The molecule has 2 aromatic carbocycles. The summed E-state index contributed by atoms with van der Waals surface area (Å²) in [5, 5.41) is 4.52. The summed E-state index contributed by atoms with van der Waals surface area (Å²) in [4.78, 5) is 15.9. The molecule has 1 aromatic heterocycles. The van der Waals surface area contributed by atoms with E-state index in [0.29, 0.717) is 31.0 Å². The molecule has 1 amide bonds. The van der Waals surface area contributed by atoms with Crippen LogP contribution in [0.3, 0.4) is 0 Å². The first-order chi connectivity index (χ1) is 13.4. The Kier molecular flexibility index (Phi) is 5.14. The number of fused-ring (bicyclic) bond motifs is 1. The number of halogens is 1. The third kappa shape index (κ3) is 3.78. The lowest BCUT2D eigenvalue weighted by Gasteiger charge is -2.30. The molecule has 0 atom stereocenters. The molecular weight excluding hydrogens is 398 g/mol. The topological polar surface area (TPSA) is 82.3 Å². The van der Waals surface area contributed by atoms with E-state index < -0.39 is 10.0 Å². The molecule has 28 heavy (non-hydrogen) atoms. The first kappa shape index (κ1) is 19.0. The second-order valence-electron chi connectivity index (χ2n) is 6.90. The Labute approximate surface area is 168 Å². The molecule has 1 saturated heterocycles. The number of carbonyl (C=O) groups is 1. The number of H-pyrrole nitrogens is 1. The van der Waals surface area contributed by atoms with E-state index >= 15 is 0 Å². The van der Waals surface area contributed by atoms with Crippen LogP contribution in [0.15, 0.2) is 59.6 Å². The van der Waals surface area contributed by atoms with Gasteiger partial charge in [-0.2, -0.15) is 4.31 Å². The number of carbonyl (C=O) groups excluding carboxylic acids is 1. The molecular formula is C20H20ClN3O3S. The lowest BCUT2D eigenvalue weighted by atomic mass is 9.97. The number of hydrogen-bond donors (Lipinski definition) is 2. The molecule has 8 heteroatoms. The minimum absolute atomic E-state index is 0.0746. The van der Waals surface area contributed by atoms with Gasteiger partial charge in [-0.05, 0) is 60.7 Å². The molecule has 0 bridgehead atoms. The third-order valence-electron chi connectivity index (χ3n) is 5.10. The summed E-state index contributed by atoms with van der Waals surface area (Å²) in [6, 6.07) is 13.8. The van der Waals surface area contributed by atoms with Crippen LogP contribution in [0.25, 0.3) is 10.9 Å². The number of nitrogens with zero attached hydrogens (tertiary/aromatic N) is 1. The van der Waals surface area contributed by atoms with Gasteiger partial charge in [0.25, 0.3) is 0 Å². The van der Waals surface area contributed by atoms with Gasteiger partial charge in [-0.3, -0.25) is 4.79 Å². The number of sulfonamides is 1. The second kappa shape index (κ2) is 7.58. The van der Waals surface area contributed by atoms with Crippen molar-refractivity contribution in [3.63, 3.8) is 0 Å². The van der Waals surface area contributed by atoms with E-state index in [1.165, 1.54) is 16.4 Å². The van der Waals surface area contributed by atoms with Crippen molar-refractivity contribution in [2.75, 3.05) is 18.4 Å². The standard InChI is InChI=1S/C20H20ClN3O3S/c21-16-2-5-18(6-3-16)28(26,27)24-11-8-15(9-12-24)20(25)23-17-4-1-14-7-10-22-19(14)13-17/h1-7,10,13,15,22H,8-9,11-12H2,(H,23,25). The number of aromatic amines is 1. The van der Waals surface area contributed by atoms with Crippen molar-refractivity contribution in [2.45, 2.75) is 17.7 Å². The number of hydrogen-bond acceptors (Lipinski definition) is 3. The Bertz CT molecular complexity index is 1100. The number of anilines is 1. The van der Waals surface area contributed by atoms with Crippen molar-refractivity contribution in [3.8, 4) is 0 Å². The van der Waals surface area contributed by atoms with Crippen molar-refractivity contribution in [1.82, 2.24) is 9.29 Å². The zero-order valence-corrected chi connectivity index (χ0v) is 16.6. The van der Waals surface area contributed by atoms with Gasteiger partial charge in [0, 0.05) is 41.4 Å². The Hall–Kier alpha value is -2.35. The predicted molar refractivity (Wildman–Crippen MR) is 110 cm³/mol. The molecule has 2 heterocycles. The monoisotopic (exact) mass is 417 g/mol. The summed E-state index contributed by atoms with van der Waals surface area (Å²) >= 11 is 5.84. The summed E-state index contributed by atoms with van der Waals surface area (Å²) in [5.74, 6) is -0.287. The molecule has 0 aliphatic carbocycles. The lowest BCUT2D eigenvalue weighted by Crippen LogP contribution is -2.41. The van der Waals surface area contributed by atoms with Gasteiger partial charge in [0.1, 0.15) is 0 Å². The Balaban J connectivity index is 1.39. The zero-order chi connectivity index (χ0) is 19.7. The normalized spacial score (nSPS) is 16.3. The molecule has 6 nitrogen and oxygen atoms in total. The number of nitrogens with one attached hydrogen (secondary N) is 2. The average molecular weight is 418 g/mol. The van der Waals surface area contributed by atoms with Crippen molar-refractivity contribution in [2.24, 2.45) is 5.92 Å². The van der Waals surface area contributed by atoms with Crippen LogP contribution in [0.1, 0.15) is 12.8 Å². The van der Waals surface area contributed by atoms with Crippen molar-refractivity contribution < 1.29 is 13.2 Å². The summed E-state index contributed by atoms with van der Waals surface area (Å²) < 4.78 is 26.9. The van der Waals surface area contributed by atoms with E-state index in [0.717, 1.165) is 16.6 Å². The highest BCUT2D eigenvalue weighted by Gasteiger charge is 2.32. The maximum atomic E-state index is 12.7. The highest BCUT2D eigenvalue weighted by Crippen LogP contribution is 2.26. The maximum absolute atomic E-state index is 12.7. The number of amides is 1. The van der Waals surface area contributed by atoms with Gasteiger partial charge >= 0.3 is 0 Å². The number of benzene rings is 2. The summed E-state index contributed by atoms with van der Waals surface area (Å²) in [5.41, 5.74) is 1.69. The van der Waals surface area contributed by atoms with Crippen LogP contribution >= 0.6 is 11.6 Å². The van der Waals surface area contributed by atoms with E-state index in [-0.39, 0.29) is 16.7 Å². The van der Waals surface area contributed by atoms with E-state index in [2.05, 4.69) is 10.3 Å². The number of rotatable bonds is 4. The first-order valence-corrected chi connectivity index (χ1v) is 10.9. The van der Waals surface area contributed by atoms with Crippen molar-refractivity contribution >= 4 is 44.1 Å². The third-order valence-corrected chi connectivity index (χ3v) is 7.26. The fourth-order valence-corrected chi connectivity index (χ4v) is 5.08. The van der Waals surface area contributed by atoms with Gasteiger partial charge in [-0.1, -0.05) is 17.7 Å². The lowest BCUT2D eigenvalue weighted by molar-refractivity contribution is -0.120. The van der Waals surface area contributed by atoms with Gasteiger partial charge in [0.2, 0.25) is 15.9 Å². The SMILES string of the molecule is O=C(Nc1ccc2cc[nH]c2c1)C1CCN(S(=O)(=O)c2ccc(Cl)cc2)CC1. The Morgan fingerprint density at radius 3 is 2.50 bits per heavy atom. The van der Waals surface area contributed by atoms with Crippen molar-refractivity contribution in [3.05, 3.63) is 59.8 Å². The van der Waals surface area contributed by atoms with E-state index in [1.807, 2.05) is 30.5 Å². The maximum Gasteiger partial charge on any atom is 0.243 e. The van der Waals surface area contributed by atoms with Crippen molar-refractivity contribution in [1.29, 1.82) is 0 Å². The molecule has 0 saturated carbocycles. The van der Waals surface area contributed by atoms with Gasteiger partial charge < -0.3 is 10.3 Å². The molecule has 2 N–H and O–H groups in total. The Morgan fingerprint density at radius 2 is 1.79 bits per heavy atom. The quantitative estimate of drug-likeness (QED) is 0.676. The predicted octanol–water partition coefficient (Wildman–Crippen LogP) is 3.86. The van der Waals surface area contributed by atoms with Gasteiger partial charge in [-0.15, -0.1) is 0 Å². The van der Waals surface area contributed by atoms with E-state index in [9.17, 15) is 13.2 Å². The highest BCUT2D eigenvalue weighted by molar-refractivity contribution is 7.89. The molecule has 1 aliphatic heterocycles. The van der Waals surface area contributed by atoms with Crippen LogP contribution in [0.4, 0.5) is 5.69 Å². The Morgan fingerprint density at radius 1 is 1.07 bits per heavy atom. The van der Waals surface area contributed by atoms with E-state index in [4.69, 9.17) is 11.6 Å². The zero-order valence-electron chi connectivity index (χ0n) is 15.1. The second-order valence-corrected chi connectivity index (χ2v) is 9.28. The minimum Gasteiger partial charge on any atom is -0.361 e. The summed E-state index contributed by atoms with van der Waals surface area (Å²) in [6.45, 7) is 0.636. The molecule has 0 radical (unpaired) electrons. The van der Waals surface area contributed by atoms with Crippen LogP contribution < -0.4 is 5.32 Å². The van der Waals surface area contributed by atoms with Gasteiger partial charge in [0.15, 0.2) is 0 Å². The minimum atomic E-state index is -3.57. The molecule has 1 aliphatic rings. The molecule has 146 valence electrons. The molecule has 0 spiro atoms.